The van der Waals surface area contributed by atoms with E-state index in [1.807, 2.05) is 0 Å². The zero-order valence-electron chi connectivity index (χ0n) is 13.5. The summed E-state index contributed by atoms with van der Waals surface area (Å²) in [4.78, 5) is 27.9. The minimum absolute atomic E-state index is 0.334. The smallest absolute Gasteiger partial charge is 0.251 e. The number of hydrogen-bond acceptors (Lipinski definition) is 4. The van der Waals surface area contributed by atoms with Gasteiger partial charge in [0.2, 0.25) is 0 Å². The van der Waals surface area contributed by atoms with Crippen molar-refractivity contribution >= 4 is 11.8 Å². The molecule has 2 atom stereocenters. The van der Waals surface area contributed by atoms with Crippen LogP contribution in [0.5, 0.6) is 0 Å². The number of nitrogens with one attached hydrogen (secondary N) is 2. The molecule has 3 N–H and O–H groups in total. The van der Waals surface area contributed by atoms with Crippen LogP contribution in [0.4, 0.5) is 0 Å². The van der Waals surface area contributed by atoms with Gasteiger partial charge in [0.05, 0.1) is 6.04 Å². The van der Waals surface area contributed by atoms with Gasteiger partial charge < -0.3 is 15.7 Å². The molecule has 0 aromatic carbocycles. The number of carbonyl (C=O) groups excluding carboxylic acids is 2. The minimum Gasteiger partial charge on any atom is -0.381 e. The third-order valence-electron chi connectivity index (χ3n) is 4.33. The van der Waals surface area contributed by atoms with E-state index in [0.717, 1.165) is 12.8 Å². The monoisotopic (exact) mass is 319 g/mol. The van der Waals surface area contributed by atoms with E-state index in [4.69, 9.17) is 0 Å². The van der Waals surface area contributed by atoms with Gasteiger partial charge in [0, 0.05) is 24.5 Å². The van der Waals surface area contributed by atoms with Crippen molar-refractivity contribution in [3.63, 3.8) is 0 Å². The highest BCUT2D eigenvalue weighted by Gasteiger charge is 2.25. The van der Waals surface area contributed by atoms with E-state index in [1.165, 1.54) is 31.7 Å². The third kappa shape index (κ3) is 5.32. The second-order valence-electron chi connectivity index (χ2n) is 6.19. The zero-order chi connectivity index (χ0) is 16.7. The van der Waals surface area contributed by atoms with Crippen LogP contribution < -0.4 is 10.6 Å². The van der Waals surface area contributed by atoms with Crippen LogP contribution in [-0.2, 0) is 4.79 Å². The van der Waals surface area contributed by atoms with Gasteiger partial charge in [0.15, 0.2) is 6.10 Å². The maximum Gasteiger partial charge on any atom is 0.251 e. The summed E-state index contributed by atoms with van der Waals surface area (Å²) in [6.07, 6.45) is 7.73. The maximum absolute atomic E-state index is 12.0. The fourth-order valence-electron chi connectivity index (χ4n) is 2.84. The van der Waals surface area contributed by atoms with Gasteiger partial charge in [-0.1, -0.05) is 19.3 Å². The van der Waals surface area contributed by atoms with Gasteiger partial charge in [-0.2, -0.15) is 0 Å². The Balaban J connectivity index is 1.77. The van der Waals surface area contributed by atoms with Crippen molar-refractivity contribution in [2.75, 3.05) is 6.54 Å². The molecule has 23 heavy (non-hydrogen) atoms. The van der Waals surface area contributed by atoms with Crippen LogP contribution in [0.1, 0.15) is 49.4 Å². The van der Waals surface area contributed by atoms with Gasteiger partial charge in [0.1, 0.15) is 0 Å². The van der Waals surface area contributed by atoms with Crippen molar-refractivity contribution in [1.82, 2.24) is 15.6 Å². The fraction of sp³-hybridized carbons (Fsp3) is 0.588. The van der Waals surface area contributed by atoms with Gasteiger partial charge in [-0.3, -0.25) is 14.6 Å². The lowest BCUT2D eigenvalue weighted by Gasteiger charge is -2.24. The average Bonchev–Trinajstić information content (AvgIpc) is 2.60. The number of amides is 2. The first kappa shape index (κ1) is 17.4. The molecule has 1 heterocycles. The van der Waals surface area contributed by atoms with Crippen LogP contribution in [0.25, 0.3) is 0 Å². The molecule has 0 bridgehead atoms. The van der Waals surface area contributed by atoms with Gasteiger partial charge in [-0.15, -0.1) is 0 Å². The molecule has 0 saturated heterocycles. The van der Waals surface area contributed by atoms with Crippen LogP contribution in [-0.4, -0.2) is 40.6 Å². The van der Waals surface area contributed by atoms with E-state index in [2.05, 4.69) is 15.6 Å². The standard InChI is InChI=1S/C17H25N3O3/c1-12(20-16(22)14-7-9-18-10-8-14)15(21)17(23)19-11-13-5-3-2-4-6-13/h7-10,12-13,15,21H,2-6,11H2,1H3,(H,19,23)(H,20,22). The van der Waals surface area contributed by atoms with Crippen molar-refractivity contribution in [3.8, 4) is 0 Å². The maximum atomic E-state index is 12.0. The lowest BCUT2D eigenvalue weighted by Crippen LogP contribution is -2.49. The summed E-state index contributed by atoms with van der Waals surface area (Å²) in [5.41, 5.74) is 0.446. The molecule has 1 aliphatic carbocycles. The lowest BCUT2D eigenvalue weighted by atomic mass is 9.89. The van der Waals surface area contributed by atoms with Crippen LogP contribution in [0, 0.1) is 5.92 Å². The van der Waals surface area contributed by atoms with Gasteiger partial charge in [0.25, 0.3) is 11.8 Å². The molecule has 1 aliphatic rings. The normalized spacial score (nSPS) is 18.0. The van der Waals surface area contributed by atoms with Crippen LogP contribution in [0.3, 0.4) is 0 Å². The number of aliphatic hydroxyl groups is 1. The number of nitrogens with zero attached hydrogens (tertiary/aromatic N) is 1. The molecule has 2 amide bonds. The number of hydrogen-bond donors (Lipinski definition) is 3. The van der Waals surface area contributed by atoms with E-state index in [1.54, 1.807) is 19.1 Å². The Bertz CT molecular complexity index is 515. The van der Waals surface area contributed by atoms with E-state index in [-0.39, 0.29) is 5.91 Å². The Kier molecular flexibility index (Phi) is 6.52. The second-order valence-corrected chi connectivity index (χ2v) is 6.19. The molecule has 126 valence electrons. The van der Waals surface area contributed by atoms with Crippen molar-refractivity contribution in [2.45, 2.75) is 51.2 Å². The summed E-state index contributed by atoms with van der Waals surface area (Å²) >= 11 is 0. The average molecular weight is 319 g/mol. The molecule has 6 heteroatoms. The summed E-state index contributed by atoms with van der Waals surface area (Å²) in [6, 6.07) is 2.50. The van der Waals surface area contributed by atoms with E-state index < -0.39 is 18.1 Å². The second kappa shape index (κ2) is 8.62. The molecule has 2 rings (SSSR count). The molecule has 1 aromatic rings. The summed E-state index contributed by atoms with van der Waals surface area (Å²) in [7, 11) is 0. The van der Waals surface area contributed by atoms with Gasteiger partial charge in [-0.25, -0.2) is 0 Å². The highest BCUT2D eigenvalue weighted by Crippen LogP contribution is 2.22. The van der Waals surface area contributed by atoms with Crippen molar-refractivity contribution in [3.05, 3.63) is 30.1 Å². The van der Waals surface area contributed by atoms with Crippen LogP contribution in [0.15, 0.2) is 24.5 Å². The molecule has 0 radical (unpaired) electrons. The Labute approximate surface area is 136 Å². The molecule has 0 spiro atoms. The van der Waals surface area contributed by atoms with Crippen LogP contribution in [0.2, 0.25) is 0 Å². The number of pyridine rings is 1. The minimum atomic E-state index is -1.26. The Morgan fingerprint density at radius 2 is 1.91 bits per heavy atom. The van der Waals surface area contributed by atoms with Gasteiger partial charge in [-0.05, 0) is 37.8 Å². The molecule has 6 nitrogen and oxygen atoms in total. The van der Waals surface area contributed by atoms with Crippen molar-refractivity contribution in [2.24, 2.45) is 5.92 Å². The van der Waals surface area contributed by atoms with Crippen molar-refractivity contribution < 1.29 is 14.7 Å². The molecule has 1 aromatic heterocycles. The highest BCUT2D eigenvalue weighted by molar-refractivity contribution is 5.94. The fourth-order valence-corrected chi connectivity index (χ4v) is 2.84. The molecule has 2 unspecified atom stereocenters. The first-order valence-corrected chi connectivity index (χ1v) is 8.24. The van der Waals surface area contributed by atoms with Gasteiger partial charge >= 0.3 is 0 Å². The Hall–Kier alpha value is -1.95. The highest BCUT2D eigenvalue weighted by atomic mass is 16.3. The van der Waals surface area contributed by atoms with Crippen LogP contribution >= 0.6 is 0 Å². The predicted octanol–water partition coefficient (Wildman–Crippen LogP) is 1.26. The Morgan fingerprint density at radius 3 is 2.57 bits per heavy atom. The quantitative estimate of drug-likeness (QED) is 0.736. The number of rotatable bonds is 6. The molecule has 0 aliphatic heterocycles. The predicted molar refractivity (Wildman–Crippen MR) is 86.8 cm³/mol. The molecule has 1 fully saturated rings. The van der Waals surface area contributed by atoms with E-state index in [0.29, 0.717) is 18.0 Å². The summed E-state index contributed by atoms with van der Waals surface area (Å²) in [5.74, 6) is -0.265. The van der Waals surface area contributed by atoms with Crippen molar-refractivity contribution in [1.29, 1.82) is 0 Å². The SMILES string of the molecule is CC(NC(=O)c1ccncc1)C(O)C(=O)NCC1CCCCC1. The topological polar surface area (TPSA) is 91.3 Å². The Morgan fingerprint density at radius 1 is 1.26 bits per heavy atom. The molecular weight excluding hydrogens is 294 g/mol. The lowest BCUT2D eigenvalue weighted by molar-refractivity contribution is -0.130. The largest absolute Gasteiger partial charge is 0.381 e. The summed E-state index contributed by atoms with van der Waals surface area (Å²) in [6.45, 7) is 2.21. The number of carbonyl (C=O) groups is 2. The first-order valence-electron chi connectivity index (χ1n) is 8.24. The number of aromatic nitrogens is 1. The summed E-state index contributed by atoms with van der Waals surface area (Å²) in [5, 5.41) is 15.5. The molecular formula is C17H25N3O3. The third-order valence-corrected chi connectivity index (χ3v) is 4.33. The molecule has 1 saturated carbocycles. The first-order chi connectivity index (χ1) is 11.1. The van der Waals surface area contributed by atoms with E-state index in [9.17, 15) is 14.7 Å². The summed E-state index contributed by atoms with van der Waals surface area (Å²) < 4.78 is 0. The zero-order valence-corrected chi connectivity index (χ0v) is 13.5. The van der Waals surface area contributed by atoms with E-state index >= 15 is 0 Å². The number of aliphatic hydroxyl groups excluding tert-OH is 1.